The number of ketones is 2. The molecule has 1 aromatic heterocycles. The third-order valence-electron chi connectivity index (χ3n) is 9.74. The largest absolute Gasteiger partial charge is 0.365 e. The zero-order chi connectivity index (χ0) is 36.5. The number of unbranched alkanes of at least 4 members (excludes halogenated alkanes) is 1. The van der Waals surface area contributed by atoms with Crippen molar-refractivity contribution in [3.63, 3.8) is 0 Å². The fraction of sp³-hybridized carbons (Fsp3) is 0.302. The Bertz CT molecular complexity index is 2140. The number of rotatable bonds is 15. The van der Waals surface area contributed by atoms with Gasteiger partial charge in [-0.15, -0.1) is 0 Å². The molecule has 0 atom stereocenters. The lowest BCUT2D eigenvalue weighted by atomic mass is 9.95. The first-order valence-electron chi connectivity index (χ1n) is 18.2. The Kier molecular flexibility index (Phi) is 11.8. The van der Waals surface area contributed by atoms with E-state index in [9.17, 15) is 19.2 Å². The molecule has 9 nitrogen and oxygen atoms in total. The fourth-order valence-electron chi connectivity index (χ4n) is 6.83. The highest BCUT2D eigenvalue weighted by atomic mass is 16.7. The lowest BCUT2D eigenvalue weighted by molar-refractivity contribution is 0.0505. The minimum absolute atomic E-state index is 0.113. The summed E-state index contributed by atoms with van der Waals surface area (Å²) >= 11 is 0. The highest BCUT2D eigenvalue weighted by Crippen LogP contribution is 2.33. The molecule has 0 amide bonds. The quantitative estimate of drug-likeness (QED) is 0.0465. The summed E-state index contributed by atoms with van der Waals surface area (Å²) in [5.74, 6) is -1.41. The number of nitrogens with zero attached hydrogens (tertiary/aromatic N) is 3. The number of hydrogen-bond donors (Lipinski definition) is 0. The lowest BCUT2D eigenvalue weighted by Crippen LogP contribution is -2.17. The fourth-order valence-corrected chi connectivity index (χ4v) is 6.83. The van der Waals surface area contributed by atoms with E-state index in [1.165, 1.54) is 12.8 Å². The monoisotopic (exact) mass is 697 g/mol. The smallest absolute Gasteiger partial charge is 0.340 e. The maximum atomic E-state index is 14.1. The number of aryl methyl sites for hydroxylation is 1. The van der Waals surface area contributed by atoms with Crippen LogP contribution in [0.15, 0.2) is 107 Å². The summed E-state index contributed by atoms with van der Waals surface area (Å²) in [7, 11) is 0. The second-order valence-corrected chi connectivity index (χ2v) is 13.2. The molecule has 0 radical (unpaired) electrons. The van der Waals surface area contributed by atoms with Crippen molar-refractivity contribution in [3.05, 3.63) is 119 Å². The molecule has 6 rings (SSSR count). The second kappa shape index (κ2) is 17.0. The SMILES string of the molecule is CCCCn1c2ccc(C(=O)/C(CC)=N/OC(=O)c3ccccc3)cc2c2cc(C(=O)/C(CCC3CCCC3)=N/OC(=O)c3ccccc3)ccc21. The Morgan fingerprint density at radius 2 is 1.15 bits per heavy atom. The minimum Gasteiger partial charge on any atom is -0.340 e. The van der Waals surface area contributed by atoms with Gasteiger partial charge in [-0.3, -0.25) is 9.59 Å². The average molecular weight is 698 g/mol. The summed E-state index contributed by atoms with van der Waals surface area (Å²) < 4.78 is 2.21. The summed E-state index contributed by atoms with van der Waals surface area (Å²) in [5, 5.41) is 9.73. The van der Waals surface area contributed by atoms with E-state index < -0.39 is 11.9 Å². The number of benzene rings is 4. The van der Waals surface area contributed by atoms with Crippen LogP contribution in [0.5, 0.6) is 0 Å². The number of oxime groups is 2. The predicted octanol–water partition coefficient (Wildman–Crippen LogP) is 9.77. The van der Waals surface area contributed by atoms with Crippen LogP contribution >= 0.6 is 0 Å². The Hall–Kier alpha value is -5.70. The molecule has 266 valence electrons. The number of carbonyl (C=O) groups is 4. The third-order valence-corrected chi connectivity index (χ3v) is 9.74. The Morgan fingerprint density at radius 1 is 0.654 bits per heavy atom. The molecule has 4 aromatic carbocycles. The average Bonchev–Trinajstić information content (AvgIpc) is 3.83. The minimum atomic E-state index is -0.646. The highest BCUT2D eigenvalue weighted by Gasteiger charge is 2.23. The summed E-state index contributed by atoms with van der Waals surface area (Å²) in [6, 6.07) is 28.1. The maximum Gasteiger partial charge on any atom is 0.365 e. The first-order valence-corrected chi connectivity index (χ1v) is 18.2. The molecule has 0 N–H and O–H groups in total. The van der Waals surface area contributed by atoms with E-state index in [4.69, 9.17) is 9.68 Å². The van der Waals surface area contributed by atoms with Crippen molar-refractivity contribution in [2.24, 2.45) is 16.2 Å². The van der Waals surface area contributed by atoms with Crippen LogP contribution in [0.4, 0.5) is 0 Å². The van der Waals surface area contributed by atoms with Gasteiger partial charge in [-0.05, 0) is 92.3 Å². The van der Waals surface area contributed by atoms with E-state index in [2.05, 4.69) is 21.8 Å². The summed E-state index contributed by atoms with van der Waals surface area (Å²) in [6.45, 7) is 4.68. The van der Waals surface area contributed by atoms with Gasteiger partial charge in [-0.2, -0.15) is 0 Å². The molecular formula is C43H43N3O6. The molecule has 0 unspecified atom stereocenters. The first-order chi connectivity index (χ1) is 25.4. The van der Waals surface area contributed by atoms with Crippen molar-refractivity contribution < 1.29 is 28.9 Å². The van der Waals surface area contributed by atoms with Crippen LogP contribution in [-0.2, 0) is 16.2 Å². The molecular weight excluding hydrogens is 654 g/mol. The molecule has 1 fully saturated rings. The van der Waals surface area contributed by atoms with Crippen molar-refractivity contribution in [2.75, 3.05) is 0 Å². The van der Waals surface area contributed by atoms with Crippen LogP contribution in [0, 0.1) is 5.92 Å². The summed E-state index contributed by atoms with van der Waals surface area (Å²) in [4.78, 5) is 63.6. The first kappa shape index (κ1) is 36.1. The van der Waals surface area contributed by atoms with Crippen LogP contribution in [0.25, 0.3) is 21.8 Å². The van der Waals surface area contributed by atoms with Gasteiger partial charge in [-0.1, -0.05) is 92.7 Å². The number of carbonyl (C=O) groups excluding carboxylic acids is 4. The zero-order valence-corrected chi connectivity index (χ0v) is 29.7. The molecule has 52 heavy (non-hydrogen) atoms. The van der Waals surface area contributed by atoms with E-state index in [0.717, 1.165) is 60.5 Å². The van der Waals surface area contributed by atoms with Gasteiger partial charge < -0.3 is 14.2 Å². The van der Waals surface area contributed by atoms with Gasteiger partial charge in [0, 0.05) is 39.5 Å². The highest BCUT2D eigenvalue weighted by molar-refractivity contribution is 6.47. The lowest BCUT2D eigenvalue weighted by Gasteiger charge is -2.11. The molecule has 0 aliphatic heterocycles. The molecule has 1 heterocycles. The van der Waals surface area contributed by atoms with E-state index in [1.807, 2.05) is 30.3 Å². The maximum absolute atomic E-state index is 14.1. The molecule has 1 saturated carbocycles. The van der Waals surface area contributed by atoms with Gasteiger partial charge in [0.15, 0.2) is 0 Å². The normalized spacial score (nSPS) is 13.8. The van der Waals surface area contributed by atoms with Crippen molar-refractivity contribution in [1.82, 2.24) is 4.57 Å². The molecule has 9 heteroatoms. The molecule has 0 bridgehead atoms. The Morgan fingerprint density at radius 3 is 1.65 bits per heavy atom. The van der Waals surface area contributed by atoms with Gasteiger partial charge in [0.05, 0.1) is 11.1 Å². The van der Waals surface area contributed by atoms with Crippen molar-refractivity contribution in [2.45, 2.75) is 78.2 Å². The van der Waals surface area contributed by atoms with Crippen LogP contribution in [0.3, 0.4) is 0 Å². The molecule has 1 aliphatic carbocycles. The van der Waals surface area contributed by atoms with Crippen molar-refractivity contribution >= 4 is 56.7 Å². The van der Waals surface area contributed by atoms with E-state index in [-0.39, 0.29) is 29.4 Å². The van der Waals surface area contributed by atoms with Gasteiger partial charge in [-0.25, -0.2) is 9.59 Å². The van der Waals surface area contributed by atoms with E-state index in [1.54, 1.807) is 73.7 Å². The zero-order valence-electron chi connectivity index (χ0n) is 29.7. The molecule has 0 saturated heterocycles. The molecule has 0 spiro atoms. The topological polar surface area (TPSA) is 116 Å². The third kappa shape index (κ3) is 8.26. The number of hydrogen-bond acceptors (Lipinski definition) is 8. The standard InChI is InChI=1S/C43H43N3O6/c1-3-5-26-46-38-24-21-32(40(47)36(4-2)44-51-42(49)30-16-8-6-9-17-30)27-34(38)35-28-33(22-25-39(35)46)41(48)37(23-20-29-14-12-13-15-29)45-52-43(50)31-18-10-7-11-19-31/h6-11,16-19,21-22,24-25,27-29H,3-5,12-15,20,23,26H2,1-2H3/b44-36+,45-37+. The molecule has 5 aromatic rings. The summed E-state index contributed by atoms with van der Waals surface area (Å²) in [6.07, 6.45) is 8.00. The van der Waals surface area contributed by atoms with Crippen LogP contribution < -0.4 is 0 Å². The van der Waals surface area contributed by atoms with Gasteiger partial charge in [0.25, 0.3) is 0 Å². The van der Waals surface area contributed by atoms with Crippen LogP contribution in [0.2, 0.25) is 0 Å². The predicted molar refractivity (Wildman–Crippen MR) is 203 cm³/mol. The van der Waals surface area contributed by atoms with Crippen molar-refractivity contribution in [3.8, 4) is 0 Å². The van der Waals surface area contributed by atoms with E-state index >= 15 is 0 Å². The molecule has 1 aliphatic rings. The van der Waals surface area contributed by atoms with Crippen molar-refractivity contribution in [1.29, 1.82) is 0 Å². The van der Waals surface area contributed by atoms with Gasteiger partial charge in [0.1, 0.15) is 11.4 Å². The van der Waals surface area contributed by atoms with Crippen LogP contribution in [-0.4, -0.2) is 39.5 Å². The van der Waals surface area contributed by atoms with Gasteiger partial charge >= 0.3 is 11.9 Å². The second-order valence-electron chi connectivity index (χ2n) is 13.2. The summed E-state index contributed by atoms with van der Waals surface area (Å²) in [5.41, 5.74) is 3.68. The number of fused-ring (bicyclic) bond motifs is 3. The van der Waals surface area contributed by atoms with Crippen LogP contribution in [0.1, 0.15) is 113 Å². The number of aromatic nitrogens is 1. The Labute approximate surface area is 303 Å². The van der Waals surface area contributed by atoms with E-state index in [0.29, 0.717) is 34.6 Å². The number of Topliss-reactive ketones (excluding diaryl/α,β-unsaturated/α-hetero) is 2. The Balaban J connectivity index is 1.34. The van der Waals surface area contributed by atoms with Gasteiger partial charge in [0.2, 0.25) is 11.6 Å².